The van der Waals surface area contributed by atoms with Crippen molar-refractivity contribution in [1.82, 2.24) is 0 Å². The van der Waals surface area contributed by atoms with Crippen molar-refractivity contribution >= 4 is 0 Å². The molecule has 0 unspecified atom stereocenters. The molecule has 1 aromatic carbocycles. The van der Waals surface area contributed by atoms with Crippen LogP contribution in [0.25, 0.3) is 0 Å². The summed E-state index contributed by atoms with van der Waals surface area (Å²) in [5, 5.41) is 0. The molecule has 1 heterocycles. The van der Waals surface area contributed by atoms with Crippen molar-refractivity contribution in [2.75, 3.05) is 19.8 Å². The molecule has 2 nitrogen and oxygen atoms in total. The first-order valence-electron chi connectivity index (χ1n) is 6.27. The van der Waals surface area contributed by atoms with Crippen LogP contribution in [0.4, 0.5) is 0 Å². The van der Waals surface area contributed by atoms with Gasteiger partial charge in [0, 0.05) is 13.2 Å². The first-order valence-corrected chi connectivity index (χ1v) is 6.27. The molecule has 1 aliphatic heterocycles. The zero-order valence-electron chi connectivity index (χ0n) is 9.82. The molecule has 2 N–H and O–H groups in total. The molecule has 0 aromatic heterocycles. The van der Waals surface area contributed by atoms with Gasteiger partial charge in [0.15, 0.2) is 0 Å². The summed E-state index contributed by atoms with van der Waals surface area (Å²) in [6.07, 6.45) is 4.52. The first kappa shape index (κ1) is 11.6. The van der Waals surface area contributed by atoms with Crippen molar-refractivity contribution in [3.05, 3.63) is 35.4 Å². The topological polar surface area (TPSA) is 35.2 Å². The minimum atomic E-state index is 0.706. The van der Waals surface area contributed by atoms with E-state index < -0.39 is 0 Å². The molecular weight excluding hydrogens is 198 g/mol. The molecule has 1 aromatic rings. The van der Waals surface area contributed by atoms with Crippen molar-refractivity contribution in [3.63, 3.8) is 0 Å². The van der Waals surface area contributed by atoms with Crippen molar-refractivity contribution < 1.29 is 4.74 Å². The lowest BCUT2D eigenvalue weighted by Gasteiger charge is -2.22. The summed E-state index contributed by atoms with van der Waals surface area (Å²) in [6.45, 7) is 2.61. The Labute approximate surface area is 97.8 Å². The van der Waals surface area contributed by atoms with Crippen LogP contribution in [0.5, 0.6) is 0 Å². The Morgan fingerprint density at radius 3 is 2.44 bits per heavy atom. The van der Waals surface area contributed by atoms with Crippen LogP contribution in [0.2, 0.25) is 0 Å². The third-order valence-corrected chi connectivity index (χ3v) is 3.34. The lowest BCUT2D eigenvalue weighted by Crippen LogP contribution is -2.14. The molecule has 0 atom stereocenters. The van der Waals surface area contributed by atoms with Gasteiger partial charge >= 0.3 is 0 Å². The summed E-state index contributed by atoms with van der Waals surface area (Å²) in [6, 6.07) is 9.06. The molecular formula is C14H21NO. The van der Waals surface area contributed by atoms with Crippen LogP contribution >= 0.6 is 0 Å². The van der Waals surface area contributed by atoms with E-state index in [1.54, 1.807) is 0 Å². The van der Waals surface area contributed by atoms with Gasteiger partial charge in [0.05, 0.1) is 0 Å². The summed E-state index contributed by atoms with van der Waals surface area (Å²) in [5.41, 5.74) is 8.39. The average molecular weight is 219 g/mol. The lowest BCUT2D eigenvalue weighted by molar-refractivity contribution is 0.0853. The molecule has 1 saturated heterocycles. The second-order valence-corrected chi connectivity index (χ2v) is 4.52. The maximum Gasteiger partial charge on any atom is 0.0471 e. The van der Waals surface area contributed by atoms with E-state index in [9.17, 15) is 0 Å². The van der Waals surface area contributed by atoms with Crippen molar-refractivity contribution in [2.24, 2.45) is 5.73 Å². The monoisotopic (exact) mass is 219 g/mol. The van der Waals surface area contributed by atoms with Gasteiger partial charge in [-0.2, -0.15) is 0 Å². The van der Waals surface area contributed by atoms with E-state index in [-0.39, 0.29) is 0 Å². The molecule has 88 valence electrons. The maximum absolute atomic E-state index is 5.51. The molecule has 0 amide bonds. The van der Waals surface area contributed by atoms with E-state index in [1.165, 1.54) is 24.0 Å². The molecule has 2 rings (SSSR count). The lowest BCUT2D eigenvalue weighted by atomic mass is 9.91. The van der Waals surface area contributed by atoms with Gasteiger partial charge in [-0.25, -0.2) is 0 Å². The van der Waals surface area contributed by atoms with Gasteiger partial charge < -0.3 is 10.5 Å². The average Bonchev–Trinajstić information content (AvgIpc) is 2.38. The van der Waals surface area contributed by atoms with Gasteiger partial charge in [0.2, 0.25) is 0 Å². The van der Waals surface area contributed by atoms with E-state index in [0.29, 0.717) is 5.92 Å². The van der Waals surface area contributed by atoms with Crippen molar-refractivity contribution in [2.45, 2.75) is 31.6 Å². The highest BCUT2D eigenvalue weighted by atomic mass is 16.5. The van der Waals surface area contributed by atoms with E-state index in [0.717, 1.165) is 32.6 Å². The van der Waals surface area contributed by atoms with E-state index in [4.69, 9.17) is 10.5 Å². The van der Waals surface area contributed by atoms with Crippen LogP contribution in [0.15, 0.2) is 24.3 Å². The normalized spacial score (nSPS) is 17.6. The minimum Gasteiger partial charge on any atom is -0.381 e. The van der Waals surface area contributed by atoms with Crippen LogP contribution in [0.3, 0.4) is 0 Å². The Hall–Kier alpha value is -0.860. The smallest absolute Gasteiger partial charge is 0.0471 e. The van der Waals surface area contributed by atoms with Crippen LogP contribution in [-0.4, -0.2) is 19.8 Å². The second kappa shape index (κ2) is 6.02. The van der Waals surface area contributed by atoms with Crippen LogP contribution < -0.4 is 5.73 Å². The Balaban J connectivity index is 1.95. The van der Waals surface area contributed by atoms with Crippen LogP contribution in [-0.2, 0) is 11.2 Å². The summed E-state index contributed by atoms with van der Waals surface area (Å²) in [5.74, 6) is 0.706. The molecule has 0 spiro atoms. The number of hydrogen-bond donors (Lipinski definition) is 1. The number of ether oxygens (including phenoxy) is 1. The molecule has 2 heteroatoms. The summed E-state index contributed by atoms with van der Waals surface area (Å²) < 4.78 is 5.38. The summed E-state index contributed by atoms with van der Waals surface area (Å²) >= 11 is 0. The fraction of sp³-hybridized carbons (Fsp3) is 0.571. The fourth-order valence-electron chi connectivity index (χ4n) is 2.29. The molecule has 0 saturated carbocycles. The van der Waals surface area contributed by atoms with Crippen LogP contribution in [0.1, 0.15) is 36.3 Å². The second-order valence-electron chi connectivity index (χ2n) is 4.52. The summed E-state index contributed by atoms with van der Waals surface area (Å²) in [7, 11) is 0. The number of hydrogen-bond acceptors (Lipinski definition) is 2. The molecule has 0 radical (unpaired) electrons. The number of aryl methyl sites for hydroxylation is 1. The van der Waals surface area contributed by atoms with Gasteiger partial charge in [-0.15, -0.1) is 0 Å². The molecule has 1 aliphatic rings. The maximum atomic E-state index is 5.51. The number of nitrogens with two attached hydrogens (primary N) is 1. The summed E-state index contributed by atoms with van der Waals surface area (Å²) in [4.78, 5) is 0. The third kappa shape index (κ3) is 3.06. The standard InChI is InChI=1S/C14H21NO/c15-9-1-2-12-3-5-13(6-4-12)14-7-10-16-11-8-14/h3-6,14H,1-2,7-11,15H2. The Morgan fingerprint density at radius 2 is 1.81 bits per heavy atom. The van der Waals surface area contributed by atoms with E-state index >= 15 is 0 Å². The molecule has 1 fully saturated rings. The zero-order chi connectivity index (χ0) is 11.2. The highest BCUT2D eigenvalue weighted by Gasteiger charge is 2.15. The SMILES string of the molecule is NCCCc1ccc(C2CCOCC2)cc1. The van der Waals surface area contributed by atoms with Gasteiger partial charge in [0.1, 0.15) is 0 Å². The fourth-order valence-corrected chi connectivity index (χ4v) is 2.29. The molecule has 0 bridgehead atoms. The first-order chi connectivity index (χ1) is 7.90. The molecule has 0 aliphatic carbocycles. The largest absolute Gasteiger partial charge is 0.381 e. The predicted octanol–water partition coefficient (Wildman–Crippen LogP) is 2.47. The Morgan fingerprint density at radius 1 is 1.12 bits per heavy atom. The van der Waals surface area contributed by atoms with Gasteiger partial charge in [-0.1, -0.05) is 24.3 Å². The predicted molar refractivity (Wildman–Crippen MR) is 66.6 cm³/mol. The number of rotatable bonds is 4. The zero-order valence-corrected chi connectivity index (χ0v) is 9.82. The Bertz CT molecular complexity index is 301. The molecule has 16 heavy (non-hydrogen) atoms. The van der Waals surface area contributed by atoms with E-state index in [1.807, 2.05) is 0 Å². The minimum absolute atomic E-state index is 0.706. The van der Waals surface area contributed by atoms with Gasteiger partial charge in [0.25, 0.3) is 0 Å². The van der Waals surface area contributed by atoms with Gasteiger partial charge in [-0.3, -0.25) is 0 Å². The quantitative estimate of drug-likeness (QED) is 0.844. The highest BCUT2D eigenvalue weighted by molar-refractivity contribution is 5.25. The van der Waals surface area contributed by atoms with Crippen molar-refractivity contribution in [1.29, 1.82) is 0 Å². The van der Waals surface area contributed by atoms with Gasteiger partial charge in [-0.05, 0) is 49.3 Å². The van der Waals surface area contributed by atoms with Crippen LogP contribution in [0, 0.1) is 0 Å². The number of benzene rings is 1. The Kier molecular flexibility index (Phi) is 4.37. The highest BCUT2D eigenvalue weighted by Crippen LogP contribution is 2.26. The third-order valence-electron chi connectivity index (χ3n) is 3.34. The van der Waals surface area contributed by atoms with Crippen molar-refractivity contribution in [3.8, 4) is 0 Å². The van der Waals surface area contributed by atoms with E-state index in [2.05, 4.69) is 24.3 Å².